The van der Waals surface area contributed by atoms with Crippen molar-refractivity contribution in [3.63, 3.8) is 0 Å². The lowest BCUT2D eigenvalue weighted by molar-refractivity contribution is -0.0504. The van der Waals surface area contributed by atoms with Crippen molar-refractivity contribution in [2.45, 2.75) is 11.9 Å². The normalized spacial score (nSPS) is 10.5. The maximum atomic E-state index is 13.4. The molecule has 0 amide bonds. The van der Waals surface area contributed by atoms with Crippen LogP contribution in [0.15, 0.2) is 12.1 Å². The van der Waals surface area contributed by atoms with Crippen molar-refractivity contribution in [1.82, 2.24) is 0 Å². The van der Waals surface area contributed by atoms with E-state index in [2.05, 4.69) is 25.4 Å². The molecule has 1 aromatic carbocycles. The van der Waals surface area contributed by atoms with Crippen molar-refractivity contribution in [3.05, 3.63) is 29.1 Å². The highest BCUT2D eigenvalue weighted by molar-refractivity contribution is 9.08. The standard InChI is InChI=1S/C10H8BrF3O3/c1-16-9(15)6-2-5(4-11)8(3-7(6)12)17-10(13)14/h2-3,10H,4H2,1H3. The van der Waals surface area contributed by atoms with Gasteiger partial charge in [-0.15, -0.1) is 0 Å². The van der Waals surface area contributed by atoms with Gasteiger partial charge >= 0.3 is 12.6 Å². The number of alkyl halides is 3. The molecule has 0 aliphatic heterocycles. The fourth-order valence-corrected chi connectivity index (χ4v) is 1.61. The summed E-state index contributed by atoms with van der Waals surface area (Å²) in [5.74, 6) is -2.17. The second-order valence-electron chi connectivity index (χ2n) is 2.94. The van der Waals surface area contributed by atoms with Crippen molar-refractivity contribution in [1.29, 1.82) is 0 Å². The molecule has 0 bridgehead atoms. The molecule has 94 valence electrons. The zero-order chi connectivity index (χ0) is 13.0. The predicted molar refractivity (Wildman–Crippen MR) is 57.0 cm³/mol. The molecule has 1 aromatic rings. The largest absolute Gasteiger partial charge is 0.465 e. The Morgan fingerprint density at radius 1 is 1.47 bits per heavy atom. The average molecular weight is 313 g/mol. The van der Waals surface area contributed by atoms with E-state index in [4.69, 9.17) is 0 Å². The summed E-state index contributed by atoms with van der Waals surface area (Å²) in [7, 11) is 1.10. The van der Waals surface area contributed by atoms with E-state index < -0.39 is 18.4 Å². The summed E-state index contributed by atoms with van der Waals surface area (Å²) in [4.78, 5) is 11.2. The van der Waals surface area contributed by atoms with E-state index in [1.54, 1.807) is 0 Å². The van der Waals surface area contributed by atoms with Crippen LogP contribution in [0.3, 0.4) is 0 Å². The molecule has 0 N–H and O–H groups in total. The molecule has 0 aliphatic carbocycles. The molecular formula is C10H8BrF3O3. The van der Waals surface area contributed by atoms with Gasteiger partial charge in [0.1, 0.15) is 11.6 Å². The molecule has 17 heavy (non-hydrogen) atoms. The van der Waals surface area contributed by atoms with Crippen LogP contribution < -0.4 is 4.74 Å². The molecule has 0 aromatic heterocycles. The number of hydrogen-bond acceptors (Lipinski definition) is 3. The Balaban J connectivity index is 3.19. The Bertz CT molecular complexity index is 424. The minimum Gasteiger partial charge on any atom is -0.465 e. The quantitative estimate of drug-likeness (QED) is 0.633. The van der Waals surface area contributed by atoms with Crippen LogP contribution in [0.4, 0.5) is 13.2 Å². The zero-order valence-corrected chi connectivity index (χ0v) is 10.3. The van der Waals surface area contributed by atoms with Crippen molar-refractivity contribution >= 4 is 21.9 Å². The number of esters is 1. The number of benzene rings is 1. The minimum atomic E-state index is -3.06. The third-order valence-electron chi connectivity index (χ3n) is 1.92. The Labute approximate surface area is 104 Å². The van der Waals surface area contributed by atoms with Crippen LogP contribution in [0.2, 0.25) is 0 Å². The SMILES string of the molecule is COC(=O)c1cc(CBr)c(OC(F)F)cc1F. The van der Waals surface area contributed by atoms with Crippen LogP contribution in [0.1, 0.15) is 15.9 Å². The van der Waals surface area contributed by atoms with Gasteiger partial charge in [0, 0.05) is 17.0 Å². The average Bonchev–Trinajstić information content (AvgIpc) is 2.27. The summed E-state index contributed by atoms with van der Waals surface area (Å²) in [6.45, 7) is -3.06. The van der Waals surface area contributed by atoms with Gasteiger partial charge in [-0.1, -0.05) is 15.9 Å². The van der Waals surface area contributed by atoms with E-state index in [1.807, 2.05) is 0 Å². The van der Waals surface area contributed by atoms with Crippen LogP contribution in [0.5, 0.6) is 5.75 Å². The molecule has 0 fully saturated rings. The number of carbonyl (C=O) groups excluding carboxylic acids is 1. The molecule has 0 spiro atoms. The van der Waals surface area contributed by atoms with Crippen LogP contribution in [0, 0.1) is 5.82 Å². The summed E-state index contributed by atoms with van der Waals surface area (Å²) in [6.07, 6.45) is 0. The third kappa shape index (κ3) is 3.36. The Kier molecular flexibility index (Phi) is 4.80. The molecule has 1 rings (SSSR count). The fraction of sp³-hybridized carbons (Fsp3) is 0.300. The first-order chi connectivity index (χ1) is 7.99. The summed E-state index contributed by atoms with van der Waals surface area (Å²) in [6, 6.07) is 1.84. The number of rotatable bonds is 4. The van der Waals surface area contributed by atoms with Gasteiger partial charge in [-0.05, 0) is 6.07 Å². The maximum absolute atomic E-state index is 13.4. The summed E-state index contributed by atoms with van der Waals surface area (Å²) < 4.78 is 46.0. The minimum absolute atomic E-state index is 0.138. The van der Waals surface area contributed by atoms with E-state index in [1.165, 1.54) is 0 Å². The van der Waals surface area contributed by atoms with Crippen LogP contribution in [-0.4, -0.2) is 19.7 Å². The lowest BCUT2D eigenvalue weighted by atomic mass is 10.1. The van der Waals surface area contributed by atoms with Crippen molar-refractivity contribution in [3.8, 4) is 5.75 Å². The third-order valence-corrected chi connectivity index (χ3v) is 2.52. The molecule has 0 atom stereocenters. The fourth-order valence-electron chi connectivity index (χ4n) is 1.18. The van der Waals surface area contributed by atoms with E-state index >= 15 is 0 Å². The predicted octanol–water partition coefficient (Wildman–Crippen LogP) is 3.11. The van der Waals surface area contributed by atoms with E-state index in [9.17, 15) is 18.0 Å². The zero-order valence-electron chi connectivity index (χ0n) is 8.68. The van der Waals surface area contributed by atoms with E-state index in [-0.39, 0.29) is 22.2 Å². The summed E-state index contributed by atoms with van der Waals surface area (Å²) >= 11 is 3.03. The first-order valence-corrected chi connectivity index (χ1v) is 5.53. The highest BCUT2D eigenvalue weighted by Crippen LogP contribution is 2.27. The number of hydrogen-bond donors (Lipinski definition) is 0. The molecule has 0 unspecified atom stereocenters. The topological polar surface area (TPSA) is 35.5 Å². The molecule has 3 nitrogen and oxygen atoms in total. The Hall–Kier alpha value is -1.24. The smallest absolute Gasteiger partial charge is 0.387 e. The van der Waals surface area contributed by atoms with Crippen molar-refractivity contribution in [2.24, 2.45) is 0 Å². The Morgan fingerprint density at radius 3 is 2.59 bits per heavy atom. The van der Waals surface area contributed by atoms with Gasteiger partial charge in [-0.2, -0.15) is 8.78 Å². The van der Waals surface area contributed by atoms with Gasteiger partial charge in [-0.3, -0.25) is 0 Å². The molecule has 0 saturated carbocycles. The van der Waals surface area contributed by atoms with Crippen LogP contribution in [0.25, 0.3) is 0 Å². The van der Waals surface area contributed by atoms with E-state index in [0.717, 1.165) is 19.2 Å². The first kappa shape index (κ1) is 13.8. The number of ether oxygens (including phenoxy) is 2. The number of methoxy groups -OCH3 is 1. The second-order valence-corrected chi connectivity index (χ2v) is 3.50. The monoisotopic (exact) mass is 312 g/mol. The van der Waals surface area contributed by atoms with Crippen molar-refractivity contribution < 1.29 is 27.4 Å². The number of halogens is 4. The number of carbonyl (C=O) groups is 1. The highest BCUT2D eigenvalue weighted by atomic mass is 79.9. The van der Waals surface area contributed by atoms with Gasteiger partial charge in [0.2, 0.25) is 0 Å². The lowest BCUT2D eigenvalue weighted by Crippen LogP contribution is -2.09. The molecule has 0 aliphatic rings. The highest BCUT2D eigenvalue weighted by Gasteiger charge is 2.18. The second kappa shape index (κ2) is 5.90. The van der Waals surface area contributed by atoms with Gasteiger partial charge in [0.05, 0.1) is 12.7 Å². The van der Waals surface area contributed by atoms with Gasteiger partial charge in [0.25, 0.3) is 0 Å². The van der Waals surface area contributed by atoms with Crippen LogP contribution >= 0.6 is 15.9 Å². The molecule has 0 saturated heterocycles. The van der Waals surface area contributed by atoms with Crippen molar-refractivity contribution in [2.75, 3.05) is 7.11 Å². The van der Waals surface area contributed by atoms with Gasteiger partial charge in [-0.25, -0.2) is 9.18 Å². The Morgan fingerprint density at radius 2 is 2.12 bits per heavy atom. The van der Waals surface area contributed by atoms with E-state index in [0.29, 0.717) is 0 Å². The van der Waals surface area contributed by atoms with Gasteiger partial charge < -0.3 is 9.47 Å². The molecule has 0 heterocycles. The maximum Gasteiger partial charge on any atom is 0.387 e. The van der Waals surface area contributed by atoms with Gasteiger partial charge in [0.15, 0.2) is 0 Å². The lowest BCUT2D eigenvalue weighted by Gasteiger charge is -2.11. The van der Waals surface area contributed by atoms with Crippen LogP contribution in [-0.2, 0) is 10.1 Å². The molecular weight excluding hydrogens is 305 g/mol. The summed E-state index contributed by atoms with van der Waals surface area (Å²) in [5.41, 5.74) is -0.101. The molecule has 7 heteroatoms. The first-order valence-electron chi connectivity index (χ1n) is 4.41. The molecule has 0 radical (unpaired) electrons. The summed E-state index contributed by atoms with van der Waals surface area (Å²) in [5, 5.41) is 0.138.